The number of carbonyl (C=O) groups is 1. The van der Waals surface area contributed by atoms with E-state index >= 15 is 0 Å². The fourth-order valence-electron chi connectivity index (χ4n) is 3.61. The topological polar surface area (TPSA) is 118 Å². The molecule has 3 aromatic rings. The summed E-state index contributed by atoms with van der Waals surface area (Å²) in [6.45, 7) is 2.47. The molecule has 0 saturated carbocycles. The fraction of sp³-hybridized carbons (Fsp3) is 0.333. The number of ether oxygens (including phenoxy) is 1. The molecule has 0 amide bonds. The van der Waals surface area contributed by atoms with Crippen LogP contribution in [0, 0.1) is 5.92 Å². The van der Waals surface area contributed by atoms with Crippen molar-refractivity contribution in [3.8, 4) is 0 Å². The van der Waals surface area contributed by atoms with Crippen LogP contribution in [0.1, 0.15) is 34.8 Å². The molecular weight excluding hydrogens is 474 g/mol. The van der Waals surface area contributed by atoms with Gasteiger partial charge in [-0.05, 0) is 42.5 Å². The molecule has 0 aliphatic rings. The van der Waals surface area contributed by atoms with Gasteiger partial charge in [0.2, 0.25) is 0 Å². The van der Waals surface area contributed by atoms with Gasteiger partial charge in [0.1, 0.15) is 0 Å². The Balaban J connectivity index is 1.76. The van der Waals surface area contributed by atoms with Gasteiger partial charge in [-0.25, -0.2) is 4.98 Å². The molecular formula is C24H29N3O5S2. The van der Waals surface area contributed by atoms with E-state index in [2.05, 4.69) is 12.2 Å². The van der Waals surface area contributed by atoms with E-state index < -0.39 is 10.3 Å². The number of esters is 1. The van der Waals surface area contributed by atoms with Gasteiger partial charge in [0.15, 0.2) is 0 Å². The SMILES string of the molecule is CCc1nc([C@H](Cc2ccc(NS(=O)(=O)O)cc2)NC[C@H](Cc2ccccc2)C(=O)OC)cs1. The van der Waals surface area contributed by atoms with Crippen molar-refractivity contribution < 1.29 is 22.5 Å². The van der Waals surface area contributed by atoms with Crippen molar-refractivity contribution in [1.29, 1.82) is 0 Å². The third kappa shape index (κ3) is 7.91. The summed E-state index contributed by atoms with van der Waals surface area (Å²) in [4.78, 5) is 17.2. The number of nitrogens with one attached hydrogen (secondary N) is 2. The predicted molar refractivity (Wildman–Crippen MR) is 133 cm³/mol. The summed E-state index contributed by atoms with van der Waals surface area (Å²) >= 11 is 1.60. The van der Waals surface area contributed by atoms with E-state index in [1.54, 1.807) is 35.6 Å². The van der Waals surface area contributed by atoms with Gasteiger partial charge in [-0.1, -0.05) is 49.4 Å². The second-order valence-corrected chi connectivity index (χ2v) is 9.97. The van der Waals surface area contributed by atoms with Crippen molar-refractivity contribution in [2.45, 2.75) is 32.2 Å². The van der Waals surface area contributed by atoms with Gasteiger partial charge >= 0.3 is 16.3 Å². The van der Waals surface area contributed by atoms with E-state index in [0.29, 0.717) is 19.4 Å². The highest BCUT2D eigenvalue weighted by Crippen LogP contribution is 2.23. The minimum absolute atomic E-state index is 0.153. The molecule has 3 N–H and O–H groups in total. The van der Waals surface area contributed by atoms with Crippen molar-refractivity contribution in [3.05, 3.63) is 81.8 Å². The molecule has 2 aromatic carbocycles. The third-order valence-electron chi connectivity index (χ3n) is 5.34. The van der Waals surface area contributed by atoms with E-state index in [0.717, 1.165) is 28.2 Å². The maximum atomic E-state index is 12.5. The van der Waals surface area contributed by atoms with Crippen LogP contribution in [-0.2, 0) is 39.1 Å². The molecule has 0 bridgehead atoms. The summed E-state index contributed by atoms with van der Waals surface area (Å²) in [5.41, 5.74) is 3.17. The van der Waals surface area contributed by atoms with Gasteiger partial charge < -0.3 is 10.1 Å². The zero-order chi connectivity index (χ0) is 24.6. The standard InChI is InChI=1S/C24H29N3O5S2/c1-3-23-26-22(16-33-23)21(14-18-9-11-20(12-10-18)27-34(29,30)31)25-15-19(24(28)32-2)13-17-7-5-4-6-8-17/h4-12,16,19,21,25,27H,3,13-15H2,1-2H3,(H,29,30,31)/t19-,21-/m0/s1. The van der Waals surface area contributed by atoms with Crippen LogP contribution >= 0.6 is 11.3 Å². The first-order valence-corrected chi connectivity index (χ1v) is 13.2. The summed E-state index contributed by atoms with van der Waals surface area (Å²) in [6.07, 6.45) is 1.98. The van der Waals surface area contributed by atoms with Gasteiger partial charge in [-0.3, -0.25) is 14.1 Å². The van der Waals surface area contributed by atoms with Crippen LogP contribution in [0.5, 0.6) is 0 Å². The van der Waals surface area contributed by atoms with E-state index in [1.165, 1.54) is 7.11 Å². The molecule has 0 aliphatic heterocycles. The number of hydrogen-bond donors (Lipinski definition) is 3. The Hall–Kier alpha value is -2.79. The fourth-order valence-corrected chi connectivity index (χ4v) is 4.84. The van der Waals surface area contributed by atoms with Crippen molar-refractivity contribution in [1.82, 2.24) is 10.3 Å². The van der Waals surface area contributed by atoms with Crippen LogP contribution in [0.3, 0.4) is 0 Å². The Morgan fingerprint density at radius 1 is 1.09 bits per heavy atom. The van der Waals surface area contributed by atoms with Gasteiger partial charge in [0.05, 0.1) is 35.5 Å². The Bertz CT molecular complexity index is 1160. The number of hydrogen-bond acceptors (Lipinski definition) is 7. The summed E-state index contributed by atoms with van der Waals surface area (Å²) in [7, 11) is -2.93. The number of nitrogens with zero attached hydrogens (tertiary/aromatic N) is 1. The smallest absolute Gasteiger partial charge is 0.357 e. The zero-order valence-corrected chi connectivity index (χ0v) is 20.7. The lowest BCUT2D eigenvalue weighted by Crippen LogP contribution is -2.34. The van der Waals surface area contributed by atoms with Crippen LogP contribution in [0.2, 0.25) is 0 Å². The van der Waals surface area contributed by atoms with Gasteiger partial charge in [0, 0.05) is 11.9 Å². The molecule has 0 radical (unpaired) electrons. The van der Waals surface area contributed by atoms with Gasteiger partial charge in [-0.2, -0.15) is 8.42 Å². The van der Waals surface area contributed by atoms with Crippen molar-refractivity contribution in [2.75, 3.05) is 18.4 Å². The lowest BCUT2D eigenvalue weighted by molar-refractivity contribution is -0.145. The first-order valence-electron chi connectivity index (χ1n) is 10.9. The lowest BCUT2D eigenvalue weighted by atomic mass is 9.97. The molecule has 0 spiro atoms. The molecule has 0 saturated heterocycles. The average Bonchev–Trinajstić information content (AvgIpc) is 3.30. The number of carbonyl (C=O) groups excluding carboxylic acids is 1. The number of rotatable bonds is 12. The highest BCUT2D eigenvalue weighted by molar-refractivity contribution is 7.87. The van der Waals surface area contributed by atoms with Crippen LogP contribution < -0.4 is 10.0 Å². The molecule has 8 nitrogen and oxygen atoms in total. The summed E-state index contributed by atoms with van der Waals surface area (Å²) in [5, 5.41) is 6.56. The Kier molecular flexibility index (Phi) is 9.17. The van der Waals surface area contributed by atoms with E-state index in [1.807, 2.05) is 40.4 Å². The number of aromatic nitrogens is 1. The number of aryl methyl sites for hydroxylation is 1. The van der Waals surface area contributed by atoms with Crippen molar-refractivity contribution in [3.63, 3.8) is 0 Å². The first kappa shape index (κ1) is 25.8. The zero-order valence-electron chi connectivity index (χ0n) is 19.1. The Labute approximate surface area is 204 Å². The second kappa shape index (κ2) is 12.1. The van der Waals surface area contributed by atoms with Crippen molar-refractivity contribution in [2.24, 2.45) is 5.92 Å². The second-order valence-electron chi connectivity index (χ2n) is 7.87. The van der Waals surface area contributed by atoms with Crippen molar-refractivity contribution >= 4 is 33.3 Å². The largest absolute Gasteiger partial charge is 0.469 e. The maximum absolute atomic E-state index is 12.5. The Morgan fingerprint density at radius 2 is 1.76 bits per heavy atom. The monoisotopic (exact) mass is 503 g/mol. The number of methoxy groups -OCH3 is 1. The minimum Gasteiger partial charge on any atom is -0.469 e. The molecule has 2 atom stereocenters. The highest BCUT2D eigenvalue weighted by atomic mass is 32.2. The van der Waals surface area contributed by atoms with Crippen LogP contribution in [0.15, 0.2) is 60.0 Å². The molecule has 34 heavy (non-hydrogen) atoms. The number of thiazole rings is 1. The third-order valence-corrected chi connectivity index (χ3v) is 6.84. The molecule has 182 valence electrons. The predicted octanol–water partition coefficient (Wildman–Crippen LogP) is 3.83. The summed E-state index contributed by atoms with van der Waals surface area (Å²) < 4.78 is 38.1. The van der Waals surface area contributed by atoms with E-state index in [4.69, 9.17) is 14.3 Å². The summed E-state index contributed by atoms with van der Waals surface area (Å²) in [5.74, 6) is -0.635. The first-order chi connectivity index (χ1) is 16.3. The number of benzene rings is 2. The summed E-state index contributed by atoms with van der Waals surface area (Å²) in [6, 6.07) is 16.4. The van der Waals surface area contributed by atoms with Crippen LogP contribution in [0.4, 0.5) is 5.69 Å². The minimum atomic E-state index is -4.33. The highest BCUT2D eigenvalue weighted by Gasteiger charge is 2.23. The lowest BCUT2D eigenvalue weighted by Gasteiger charge is -2.21. The van der Waals surface area contributed by atoms with E-state index in [9.17, 15) is 13.2 Å². The molecule has 3 rings (SSSR count). The quantitative estimate of drug-likeness (QED) is 0.254. The molecule has 0 unspecified atom stereocenters. The van der Waals surface area contributed by atoms with Gasteiger partial charge in [0.25, 0.3) is 0 Å². The van der Waals surface area contributed by atoms with Crippen LogP contribution in [0.25, 0.3) is 0 Å². The molecule has 1 aromatic heterocycles. The molecule has 0 aliphatic carbocycles. The molecule has 0 fully saturated rings. The van der Waals surface area contributed by atoms with E-state index in [-0.39, 0.29) is 23.6 Å². The normalized spacial score (nSPS) is 13.3. The molecule has 10 heteroatoms. The van der Waals surface area contributed by atoms with Crippen LogP contribution in [-0.4, -0.2) is 37.6 Å². The molecule has 1 heterocycles. The number of anilines is 1. The van der Waals surface area contributed by atoms with Gasteiger partial charge in [-0.15, -0.1) is 11.3 Å². The maximum Gasteiger partial charge on any atom is 0.357 e. The Morgan fingerprint density at radius 3 is 2.35 bits per heavy atom. The average molecular weight is 504 g/mol.